The van der Waals surface area contributed by atoms with Crippen molar-refractivity contribution >= 4 is 0 Å². The van der Waals surface area contributed by atoms with E-state index < -0.39 is 0 Å². The third kappa shape index (κ3) is 6.58. The molecule has 0 aromatic heterocycles. The van der Waals surface area contributed by atoms with Gasteiger partial charge in [-0.1, -0.05) is 164 Å². The zero-order valence-electron chi connectivity index (χ0n) is 34.0. The second-order valence-corrected chi connectivity index (χ2v) is 21.4. The van der Waals surface area contributed by atoms with Gasteiger partial charge in [-0.15, -0.1) is 0 Å². The Kier molecular flexibility index (Phi) is 12.2. The molecular weight excluding hydrogens is 577 g/mol. The van der Waals surface area contributed by atoms with Gasteiger partial charge in [0.15, 0.2) is 0 Å². The van der Waals surface area contributed by atoms with E-state index in [1.807, 2.05) is 0 Å². The van der Waals surface area contributed by atoms with Crippen LogP contribution in [0.3, 0.4) is 0 Å². The number of hydrogen-bond acceptors (Lipinski definition) is 0. The van der Waals surface area contributed by atoms with Crippen LogP contribution in [0.2, 0.25) is 0 Å². The highest BCUT2D eigenvalue weighted by Crippen LogP contribution is 2.80. The molecule has 0 aliphatic heterocycles. The van der Waals surface area contributed by atoms with Crippen LogP contribution in [0.25, 0.3) is 0 Å². The first-order valence-electron chi connectivity index (χ1n) is 23.0. The van der Waals surface area contributed by atoms with E-state index in [4.69, 9.17) is 0 Å². The molecule has 6 aliphatic rings. The molecule has 6 aliphatic carbocycles. The van der Waals surface area contributed by atoms with Gasteiger partial charge in [-0.25, -0.2) is 0 Å². The van der Waals surface area contributed by atoms with E-state index in [0.29, 0.717) is 27.1 Å². The van der Waals surface area contributed by atoms with Crippen molar-refractivity contribution in [1.82, 2.24) is 0 Å². The lowest BCUT2D eigenvalue weighted by molar-refractivity contribution is -0.294. The maximum absolute atomic E-state index is 3.01. The first-order chi connectivity index (χ1) is 23.0. The summed E-state index contributed by atoms with van der Waals surface area (Å²) < 4.78 is 0. The van der Waals surface area contributed by atoms with Gasteiger partial charge in [0.25, 0.3) is 0 Å². The van der Waals surface area contributed by atoms with Crippen molar-refractivity contribution in [3.8, 4) is 0 Å². The lowest BCUT2D eigenvalue weighted by Crippen LogP contribution is -2.71. The Morgan fingerprint density at radius 2 is 0.896 bits per heavy atom. The van der Waals surface area contributed by atoms with Crippen molar-refractivity contribution in [2.45, 2.75) is 235 Å². The molecule has 0 nitrogen and oxygen atoms in total. The summed E-state index contributed by atoms with van der Waals surface area (Å²) in [5, 5.41) is 0. The summed E-state index contributed by atoms with van der Waals surface area (Å²) in [5.41, 5.74) is 2.36. The smallest absolute Gasteiger partial charge is 0.0209 e. The maximum atomic E-state index is 3.01. The van der Waals surface area contributed by atoms with E-state index in [9.17, 15) is 0 Å². The molecule has 7 unspecified atom stereocenters. The molecule has 6 fully saturated rings. The molecule has 7 atom stereocenters. The summed E-state index contributed by atoms with van der Waals surface area (Å²) in [6.45, 7) is 20.2. The van der Waals surface area contributed by atoms with E-state index >= 15 is 0 Å². The largest absolute Gasteiger partial charge is 0.0654 e. The molecule has 0 heterocycles. The molecule has 0 heteroatoms. The molecule has 0 saturated heterocycles. The van der Waals surface area contributed by atoms with Crippen molar-refractivity contribution < 1.29 is 0 Å². The Labute approximate surface area is 302 Å². The van der Waals surface area contributed by atoms with Crippen LogP contribution in [-0.4, -0.2) is 0 Å². The monoisotopic (exact) mass is 663 g/mol. The van der Waals surface area contributed by atoms with Gasteiger partial charge in [0.1, 0.15) is 0 Å². The zero-order chi connectivity index (χ0) is 34.0. The highest BCUT2D eigenvalue weighted by Gasteiger charge is 2.73. The molecule has 0 aromatic carbocycles. The second-order valence-electron chi connectivity index (χ2n) is 21.4. The SMILES string of the molecule is CCCCCCCCC1C2C(CC(C)(C3CCCCC3)CC2(C)C2CCCCC2)C(C)(C2CCCCC2)C(C)(C)C1(C)C1CCCCC1. The number of hydrogen-bond donors (Lipinski definition) is 0. The molecule has 0 spiro atoms. The highest BCUT2D eigenvalue weighted by molar-refractivity contribution is 5.21. The minimum atomic E-state index is 0.385. The van der Waals surface area contributed by atoms with Crippen LogP contribution in [0.4, 0.5) is 0 Å². The molecule has 0 radical (unpaired) electrons. The van der Waals surface area contributed by atoms with E-state index in [1.54, 1.807) is 44.9 Å². The zero-order valence-corrected chi connectivity index (χ0v) is 34.0. The normalized spacial score (nSPS) is 42.4. The van der Waals surface area contributed by atoms with Gasteiger partial charge in [-0.2, -0.15) is 0 Å². The third-order valence-electron chi connectivity index (χ3n) is 19.2. The summed E-state index contributed by atoms with van der Waals surface area (Å²) in [6.07, 6.45) is 43.9. The van der Waals surface area contributed by atoms with E-state index in [1.165, 1.54) is 141 Å². The third-order valence-corrected chi connectivity index (χ3v) is 19.2. The van der Waals surface area contributed by atoms with Crippen molar-refractivity contribution in [2.75, 3.05) is 0 Å². The van der Waals surface area contributed by atoms with Gasteiger partial charge in [0, 0.05) is 0 Å². The molecule has 6 rings (SSSR count). The summed E-state index contributed by atoms with van der Waals surface area (Å²) in [6, 6.07) is 0. The molecular formula is C48H86. The highest BCUT2D eigenvalue weighted by atomic mass is 14.8. The maximum Gasteiger partial charge on any atom is -0.0209 e. The summed E-state index contributed by atoms with van der Waals surface area (Å²) >= 11 is 0. The first-order valence-corrected chi connectivity index (χ1v) is 23.0. The average molecular weight is 663 g/mol. The lowest BCUT2D eigenvalue weighted by atomic mass is 9.27. The van der Waals surface area contributed by atoms with E-state index in [-0.39, 0.29) is 0 Å². The Hall–Kier alpha value is 0. The quantitative estimate of drug-likeness (QED) is 0.193. The van der Waals surface area contributed by atoms with Crippen LogP contribution in [-0.2, 0) is 0 Å². The Balaban J connectivity index is 1.51. The van der Waals surface area contributed by atoms with Gasteiger partial charge >= 0.3 is 0 Å². The predicted octanol–water partition coefficient (Wildman–Crippen LogP) is 15.8. The van der Waals surface area contributed by atoms with Gasteiger partial charge < -0.3 is 0 Å². The van der Waals surface area contributed by atoms with Crippen LogP contribution in [0.15, 0.2) is 0 Å². The first kappa shape index (κ1) is 37.7. The lowest BCUT2D eigenvalue weighted by Gasteiger charge is -2.77. The van der Waals surface area contributed by atoms with Crippen molar-refractivity contribution in [2.24, 2.45) is 68.5 Å². The molecule has 0 N–H and O–H groups in total. The Morgan fingerprint density at radius 1 is 0.458 bits per heavy atom. The molecule has 278 valence electrons. The number of unbranched alkanes of at least 4 members (excludes halogenated alkanes) is 5. The van der Waals surface area contributed by atoms with Crippen molar-refractivity contribution in [1.29, 1.82) is 0 Å². The van der Waals surface area contributed by atoms with E-state index in [2.05, 4.69) is 48.5 Å². The molecule has 48 heavy (non-hydrogen) atoms. The van der Waals surface area contributed by atoms with Crippen LogP contribution >= 0.6 is 0 Å². The molecule has 0 amide bonds. The molecule has 0 bridgehead atoms. The van der Waals surface area contributed by atoms with Gasteiger partial charge in [0.05, 0.1) is 0 Å². The fourth-order valence-corrected chi connectivity index (χ4v) is 16.3. The van der Waals surface area contributed by atoms with Crippen LogP contribution in [0, 0.1) is 68.5 Å². The number of rotatable bonds is 11. The second kappa shape index (κ2) is 15.5. The molecule has 0 aromatic rings. The average Bonchev–Trinajstić information content (AvgIpc) is 3.12. The van der Waals surface area contributed by atoms with Crippen molar-refractivity contribution in [3.05, 3.63) is 0 Å². The van der Waals surface area contributed by atoms with Crippen LogP contribution < -0.4 is 0 Å². The topological polar surface area (TPSA) is 0 Å². The predicted molar refractivity (Wildman–Crippen MR) is 210 cm³/mol. The Bertz CT molecular complexity index is 984. The van der Waals surface area contributed by atoms with Gasteiger partial charge in [-0.3, -0.25) is 0 Å². The molecule has 6 saturated carbocycles. The fraction of sp³-hybridized carbons (Fsp3) is 1.00. The minimum absolute atomic E-state index is 0.385. The summed E-state index contributed by atoms with van der Waals surface area (Å²) in [7, 11) is 0. The van der Waals surface area contributed by atoms with Crippen LogP contribution in [0.5, 0.6) is 0 Å². The fourth-order valence-electron chi connectivity index (χ4n) is 16.3. The summed E-state index contributed by atoms with van der Waals surface area (Å²) in [4.78, 5) is 0. The van der Waals surface area contributed by atoms with Crippen LogP contribution in [0.1, 0.15) is 235 Å². The standard InChI is InChI=1S/C48H86/c1-8-9-10-11-12-25-34-41-43-42(35-45(4,37-26-17-13-18-27-37)36-46(43,5)38-28-19-14-20-29-38)48(7,40-32-23-16-24-33-40)44(2,3)47(41,6)39-30-21-15-22-31-39/h37-43H,8-36H2,1-7H3. The van der Waals surface area contributed by atoms with E-state index in [0.717, 1.165) is 41.4 Å². The van der Waals surface area contributed by atoms with Gasteiger partial charge in [0.2, 0.25) is 0 Å². The van der Waals surface area contributed by atoms with Crippen molar-refractivity contribution in [3.63, 3.8) is 0 Å². The Morgan fingerprint density at radius 3 is 1.42 bits per heavy atom. The van der Waals surface area contributed by atoms with Gasteiger partial charge in [-0.05, 0) is 139 Å². The number of fused-ring (bicyclic) bond motifs is 1. The minimum Gasteiger partial charge on any atom is -0.0654 e. The summed E-state index contributed by atoms with van der Waals surface area (Å²) in [5.74, 6) is 6.63.